The van der Waals surface area contributed by atoms with E-state index in [1.165, 1.54) is 10.6 Å². The van der Waals surface area contributed by atoms with Crippen molar-refractivity contribution in [2.24, 2.45) is 5.10 Å². The molecule has 1 amide bonds. The number of benzene rings is 2. The zero-order valence-electron chi connectivity index (χ0n) is 17.2. The van der Waals surface area contributed by atoms with Crippen LogP contribution in [0.3, 0.4) is 0 Å². The van der Waals surface area contributed by atoms with Crippen LogP contribution in [0.15, 0.2) is 47.1 Å². The van der Waals surface area contributed by atoms with E-state index < -0.39 is 0 Å². The first-order valence-corrected chi connectivity index (χ1v) is 9.62. The van der Waals surface area contributed by atoms with E-state index in [2.05, 4.69) is 23.8 Å². The lowest BCUT2D eigenvalue weighted by atomic mass is 10.1. The number of nitrogens with zero attached hydrogens (tertiary/aromatic N) is 3. The molecular formula is C23H27N3O2. The molecule has 0 bridgehead atoms. The summed E-state index contributed by atoms with van der Waals surface area (Å²) in [6.07, 6.45) is 1.71. The fraction of sp³-hybridized carbons (Fsp3) is 0.304. The molecule has 28 heavy (non-hydrogen) atoms. The molecule has 1 aliphatic rings. The second-order valence-electron chi connectivity index (χ2n) is 7.04. The van der Waals surface area contributed by atoms with Crippen molar-refractivity contribution >= 4 is 29.1 Å². The summed E-state index contributed by atoms with van der Waals surface area (Å²) in [7, 11) is 0. The topological polar surface area (TPSA) is 56.1 Å². The third-order valence-electron chi connectivity index (χ3n) is 5.24. The second-order valence-corrected chi connectivity index (χ2v) is 7.04. The van der Waals surface area contributed by atoms with Crippen LogP contribution in [-0.2, 0) is 4.79 Å². The van der Waals surface area contributed by atoms with E-state index in [4.69, 9.17) is 0 Å². The first kappa shape index (κ1) is 19.7. The maximum Gasteiger partial charge on any atom is 0.280 e. The Bertz CT molecular complexity index is 972. The van der Waals surface area contributed by atoms with Crippen molar-refractivity contribution in [3.8, 4) is 5.75 Å². The first-order chi connectivity index (χ1) is 13.3. The predicted molar refractivity (Wildman–Crippen MR) is 116 cm³/mol. The minimum Gasteiger partial charge on any atom is -0.507 e. The highest BCUT2D eigenvalue weighted by molar-refractivity contribution is 6.32. The van der Waals surface area contributed by atoms with Gasteiger partial charge in [0, 0.05) is 30.4 Å². The Labute approximate surface area is 166 Å². The summed E-state index contributed by atoms with van der Waals surface area (Å²) in [6.45, 7) is 11.8. The number of aryl methyl sites for hydroxylation is 2. The lowest BCUT2D eigenvalue weighted by Crippen LogP contribution is -2.21. The smallest absolute Gasteiger partial charge is 0.280 e. The van der Waals surface area contributed by atoms with Gasteiger partial charge in [-0.3, -0.25) is 4.79 Å². The van der Waals surface area contributed by atoms with E-state index in [0.717, 1.165) is 30.0 Å². The van der Waals surface area contributed by atoms with Crippen LogP contribution < -0.4 is 9.91 Å². The number of amides is 1. The summed E-state index contributed by atoms with van der Waals surface area (Å²) < 4.78 is 0. The van der Waals surface area contributed by atoms with Crippen molar-refractivity contribution in [1.29, 1.82) is 0 Å². The molecule has 0 saturated heterocycles. The third kappa shape index (κ3) is 3.65. The van der Waals surface area contributed by atoms with Crippen molar-refractivity contribution in [3.05, 3.63) is 58.7 Å². The SMILES string of the molecule is CCN(CC)c1ccc(/C=C2\C(=O)N(c3ccc(C)c(C)c3)N=C2C)c(O)c1. The van der Waals surface area contributed by atoms with Crippen molar-refractivity contribution in [1.82, 2.24) is 0 Å². The van der Waals surface area contributed by atoms with Crippen LogP contribution in [0.2, 0.25) is 0 Å². The largest absolute Gasteiger partial charge is 0.507 e. The van der Waals surface area contributed by atoms with Gasteiger partial charge in [0.2, 0.25) is 0 Å². The monoisotopic (exact) mass is 377 g/mol. The molecule has 2 aromatic rings. The molecule has 3 rings (SSSR count). The molecule has 0 fully saturated rings. The van der Waals surface area contributed by atoms with E-state index in [0.29, 0.717) is 16.8 Å². The molecule has 0 radical (unpaired) electrons. The molecule has 1 aliphatic heterocycles. The number of hydrazone groups is 1. The molecule has 0 atom stereocenters. The Morgan fingerprint density at radius 1 is 1.04 bits per heavy atom. The summed E-state index contributed by atoms with van der Waals surface area (Å²) >= 11 is 0. The molecular weight excluding hydrogens is 350 g/mol. The van der Waals surface area contributed by atoms with Crippen LogP contribution in [0.1, 0.15) is 37.5 Å². The van der Waals surface area contributed by atoms with Gasteiger partial charge in [-0.05, 0) is 76.1 Å². The van der Waals surface area contributed by atoms with Gasteiger partial charge in [0.25, 0.3) is 5.91 Å². The molecule has 1 N–H and O–H groups in total. The van der Waals surface area contributed by atoms with Crippen molar-refractivity contribution in [3.63, 3.8) is 0 Å². The summed E-state index contributed by atoms with van der Waals surface area (Å²) in [5, 5.41) is 16.3. The Morgan fingerprint density at radius 3 is 2.36 bits per heavy atom. The Kier molecular flexibility index (Phi) is 5.54. The quantitative estimate of drug-likeness (QED) is 0.771. The lowest BCUT2D eigenvalue weighted by Gasteiger charge is -2.21. The van der Waals surface area contributed by atoms with Crippen LogP contribution >= 0.6 is 0 Å². The van der Waals surface area contributed by atoms with Gasteiger partial charge in [-0.1, -0.05) is 6.07 Å². The van der Waals surface area contributed by atoms with Gasteiger partial charge in [0.15, 0.2) is 0 Å². The highest BCUT2D eigenvalue weighted by Crippen LogP contribution is 2.30. The molecule has 0 unspecified atom stereocenters. The number of phenols is 1. The van der Waals surface area contributed by atoms with Crippen LogP contribution in [0.4, 0.5) is 11.4 Å². The molecule has 146 valence electrons. The molecule has 0 spiro atoms. The van der Waals surface area contributed by atoms with Gasteiger partial charge in [0.05, 0.1) is 17.0 Å². The van der Waals surface area contributed by atoms with E-state index >= 15 is 0 Å². The standard InChI is InChI=1S/C23H27N3O2/c1-6-25(7-2)19-11-9-18(22(27)14-19)13-21-17(5)24-26(23(21)28)20-10-8-15(3)16(4)12-20/h8-14,27H,6-7H2,1-5H3/b21-13-. The van der Waals surface area contributed by atoms with Gasteiger partial charge in [0.1, 0.15) is 5.75 Å². The van der Waals surface area contributed by atoms with Gasteiger partial charge in [-0.25, -0.2) is 0 Å². The number of hydrogen-bond donors (Lipinski definition) is 1. The first-order valence-electron chi connectivity index (χ1n) is 9.62. The van der Waals surface area contributed by atoms with Crippen molar-refractivity contribution in [2.75, 3.05) is 23.0 Å². The van der Waals surface area contributed by atoms with Gasteiger partial charge < -0.3 is 10.0 Å². The minimum atomic E-state index is -0.187. The fourth-order valence-corrected chi connectivity index (χ4v) is 3.31. The number of anilines is 2. The molecule has 0 aliphatic carbocycles. The molecule has 5 nitrogen and oxygen atoms in total. The van der Waals surface area contributed by atoms with E-state index in [1.807, 2.05) is 51.1 Å². The Morgan fingerprint density at radius 2 is 1.75 bits per heavy atom. The van der Waals surface area contributed by atoms with Gasteiger partial charge >= 0.3 is 0 Å². The Hall–Kier alpha value is -3.08. The van der Waals surface area contributed by atoms with Crippen molar-refractivity contribution in [2.45, 2.75) is 34.6 Å². The maximum absolute atomic E-state index is 12.9. The van der Waals surface area contributed by atoms with E-state index in [1.54, 1.807) is 12.1 Å². The van der Waals surface area contributed by atoms with Crippen LogP contribution in [0.5, 0.6) is 5.75 Å². The molecule has 0 aromatic heterocycles. The molecule has 0 saturated carbocycles. The highest BCUT2D eigenvalue weighted by Gasteiger charge is 2.29. The third-order valence-corrected chi connectivity index (χ3v) is 5.24. The summed E-state index contributed by atoms with van der Waals surface area (Å²) in [5.74, 6) is -0.0323. The number of carbonyl (C=O) groups is 1. The fourth-order valence-electron chi connectivity index (χ4n) is 3.31. The average Bonchev–Trinajstić information content (AvgIpc) is 2.95. The zero-order chi connectivity index (χ0) is 20.4. The van der Waals surface area contributed by atoms with Crippen LogP contribution in [-0.4, -0.2) is 29.8 Å². The van der Waals surface area contributed by atoms with Crippen molar-refractivity contribution < 1.29 is 9.90 Å². The maximum atomic E-state index is 12.9. The number of aromatic hydroxyl groups is 1. The average molecular weight is 377 g/mol. The minimum absolute atomic E-state index is 0.155. The normalized spacial score (nSPS) is 15.3. The Balaban J connectivity index is 1.92. The molecule has 2 aromatic carbocycles. The summed E-state index contributed by atoms with van der Waals surface area (Å²) in [5.41, 5.74) is 5.72. The summed E-state index contributed by atoms with van der Waals surface area (Å²) in [6, 6.07) is 11.4. The molecule has 5 heteroatoms. The number of carbonyl (C=O) groups excluding carboxylic acids is 1. The summed E-state index contributed by atoms with van der Waals surface area (Å²) in [4.78, 5) is 15.1. The van der Waals surface area contributed by atoms with E-state index in [9.17, 15) is 9.90 Å². The predicted octanol–water partition coefficient (Wildman–Crippen LogP) is 4.66. The molecule has 1 heterocycles. The van der Waals surface area contributed by atoms with Crippen LogP contribution in [0, 0.1) is 13.8 Å². The highest BCUT2D eigenvalue weighted by atomic mass is 16.3. The number of hydrogen-bond acceptors (Lipinski definition) is 4. The van der Waals surface area contributed by atoms with Crippen LogP contribution in [0.25, 0.3) is 6.08 Å². The second kappa shape index (κ2) is 7.89. The van der Waals surface area contributed by atoms with E-state index in [-0.39, 0.29) is 11.7 Å². The lowest BCUT2D eigenvalue weighted by molar-refractivity contribution is -0.114. The number of phenolic OH excluding ortho intramolecular Hbond substituents is 1. The van der Waals surface area contributed by atoms with Gasteiger partial charge in [-0.2, -0.15) is 10.1 Å². The van der Waals surface area contributed by atoms with Gasteiger partial charge in [-0.15, -0.1) is 0 Å². The zero-order valence-corrected chi connectivity index (χ0v) is 17.2. The number of rotatable bonds is 5.